The first-order valence-corrected chi connectivity index (χ1v) is 9.37. The normalized spacial score (nSPS) is 18.5. The Labute approximate surface area is 141 Å². The molecule has 1 amide bonds. The van der Waals surface area contributed by atoms with Crippen molar-refractivity contribution in [1.29, 1.82) is 0 Å². The van der Waals surface area contributed by atoms with Crippen LogP contribution >= 0.6 is 0 Å². The molecule has 6 nitrogen and oxygen atoms in total. The van der Waals surface area contributed by atoms with Gasteiger partial charge in [-0.25, -0.2) is 13.1 Å². The van der Waals surface area contributed by atoms with Gasteiger partial charge in [-0.05, 0) is 44.0 Å². The molecule has 1 aliphatic rings. The van der Waals surface area contributed by atoms with Crippen LogP contribution in [0.1, 0.15) is 29.2 Å². The standard InChI is InChI=1S/C17H20N2O4S/c1-13-9-10-16(23-13)17(20)19-11-5-6-14(12-19)18-24(21,22)15-7-3-2-4-8-15/h2-4,7-10,14,18H,5-6,11-12H2,1H3/t14-/m1/s1. The van der Waals surface area contributed by atoms with Gasteiger partial charge in [-0.2, -0.15) is 0 Å². The number of piperidine rings is 1. The van der Waals surface area contributed by atoms with Crippen molar-refractivity contribution in [2.75, 3.05) is 13.1 Å². The number of hydrogen-bond donors (Lipinski definition) is 1. The molecule has 0 radical (unpaired) electrons. The van der Waals surface area contributed by atoms with E-state index in [1.165, 1.54) is 0 Å². The Morgan fingerprint density at radius 1 is 1.21 bits per heavy atom. The number of benzene rings is 1. The molecule has 7 heteroatoms. The van der Waals surface area contributed by atoms with Crippen molar-refractivity contribution in [2.45, 2.75) is 30.7 Å². The maximum atomic E-state index is 12.4. The van der Waals surface area contributed by atoms with Gasteiger partial charge < -0.3 is 9.32 Å². The molecule has 1 atom stereocenters. The van der Waals surface area contributed by atoms with Crippen LogP contribution in [-0.4, -0.2) is 38.4 Å². The molecule has 128 valence electrons. The third kappa shape index (κ3) is 3.68. The van der Waals surface area contributed by atoms with Gasteiger partial charge in [0.25, 0.3) is 5.91 Å². The molecule has 1 aromatic carbocycles. The van der Waals surface area contributed by atoms with E-state index in [0.29, 0.717) is 31.0 Å². The molecule has 1 N–H and O–H groups in total. The molecule has 1 saturated heterocycles. The zero-order valence-electron chi connectivity index (χ0n) is 13.4. The lowest BCUT2D eigenvalue weighted by atomic mass is 10.1. The highest BCUT2D eigenvalue weighted by atomic mass is 32.2. The van der Waals surface area contributed by atoms with Crippen molar-refractivity contribution < 1.29 is 17.6 Å². The van der Waals surface area contributed by atoms with E-state index >= 15 is 0 Å². The number of nitrogens with zero attached hydrogens (tertiary/aromatic N) is 1. The third-order valence-electron chi connectivity index (χ3n) is 4.04. The van der Waals surface area contributed by atoms with Gasteiger partial charge in [0, 0.05) is 19.1 Å². The monoisotopic (exact) mass is 348 g/mol. The molecule has 1 aromatic heterocycles. The second kappa shape index (κ2) is 6.78. The zero-order chi connectivity index (χ0) is 17.2. The second-order valence-electron chi connectivity index (χ2n) is 5.93. The Balaban J connectivity index is 1.69. The molecule has 3 rings (SSSR count). The minimum atomic E-state index is -3.58. The molecule has 24 heavy (non-hydrogen) atoms. The number of sulfonamides is 1. The predicted molar refractivity (Wildman–Crippen MR) is 89.1 cm³/mol. The molecule has 0 bridgehead atoms. The van der Waals surface area contributed by atoms with Crippen LogP contribution in [0, 0.1) is 6.92 Å². The van der Waals surface area contributed by atoms with Crippen LogP contribution in [0.3, 0.4) is 0 Å². The number of carbonyl (C=O) groups excluding carboxylic acids is 1. The summed E-state index contributed by atoms with van der Waals surface area (Å²) < 4.78 is 32.9. The summed E-state index contributed by atoms with van der Waals surface area (Å²) in [5, 5.41) is 0. The van der Waals surface area contributed by atoms with Crippen LogP contribution in [-0.2, 0) is 10.0 Å². The van der Waals surface area contributed by atoms with Gasteiger partial charge in [0.15, 0.2) is 5.76 Å². The van der Waals surface area contributed by atoms with E-state index in [4.69, 9.17) is 4.42 Å². The second-order valence-corrected chi connectivity index (χ2v) is 7.65. The maximum absolute atomic E-state index is 12.4. The van der Waals surface area contributed by atoms with Gasteiger partial charge >= 0.3 is 0 Å². The summed E-state index contributed by atoms with van der Waals surface area (Å²) in [6.07, 6.45) is 1.44. The van der Waals surface area contributed by atoms with Crippen LogP contribution in [0.5, 0.6) is 0 Å². The van der Waals surface area contributed by atoms with E-state index in [0.717, 1.165) is 6.42 Å². The highest BCUT2D eigenvalue weighted by Crippen LogP contribution is 2.17. The molecular formula is C17H20N2O4S. The fourth-order valence-corrected chi connectivity index (χ4v) is 4.13. The van der Waals surface area contributed by atoms with E-state index in [-0.39, 0.29) is 16.8 Å². The summed E-state index contributed by atoms with van der Waals surface area (Å²) in [4.78, 5) is 14.3. The summed E-state index contributed by atoms with van der Waals surface area (Å²) in [5.41, 5.74) is 0. The van der Waals surface area contributed by atoms with Crippen LogP contribution in [0.4, 0.5) is 0 Å². The lowest BCUT2D eigenvalue weighted by Crippen LogP contribution is -2.49. The number of aryl methyl sites for hydroxylation is 1. The summed E-state index contributed by atoms with van der Waals surface area (Å²) in [6.45, 7) is 2.72. The Morgan fingerprint density at radius 2 is 1.96 bits per heavy atom. The van der Waals surface area contributed by atoms with Crippen LogP contribution in [0.2, 0.25) is 0 Å². The van der Waals surface area contributed by atoms with Crippen LogP contribution in [0.15, 0.2) is 51.8 Å². The smallest absolute Gasteiger partial charge is 0.289 e. The van der Waals surface area contributed by atoms with Crippen LogP contribution in [0.25, 0.3) is 0 Å². The Kier molecular flexibility index (Phi) is 4.73. The molecule has 2 aromatic rings. The molecule has 0 spiro atoms. The summed E-state index contributed by atoms with van der Waals surface area (Å²) in [6, 6.07) is 11.3. The van der Waals surface area contributed by atoms with E-state index in [9.17, 15) is 13.2 Å². The fourth-order valence-electron chi connectivity index (χ4n) is 2.85. The third-order valence-corrected chi connectivity index (χ3v) is 5.57. The number of likely N-dealkylation sites (tertiary alicyclic amines) is 1. The lowest BCUT2D eigenvalue weighted by molar-refractivity contribution is 0.0669. The molecule has 2 heterocycles. The van der Waals surface area contributed by atoms with Gasteiger partial charge in [0.1, 0.15) is 5.76 Å². The number of hydrogen-bond acceptors (Lipinski definition) is 4. The molecule has 1 aliphatic heterocycles. The zero-order valence-corrected chi connectivity index (χ0v) is 14.3. The van der Waals surface area contributed by atoms with E-state index in [1.54, 1.807) is 54.3 Å². The molecule has 0 unspecified atom stereocenters. The van der Waals surface area contributed by atoms with Gasteiger partial charge in [-0.1, -0.05) is 18.2 Å². The average Bonchev–Trinajstić information content (AvgIpc) is 3.01. The number of amides is 1. The minimum Gasteiger partial charge on any atom is -0.456 e. The van der Waals surface area contributed by atoms with Gasteiger partial charge in [-0.3, -0.25) is 4.79 Å². The maximum Gasteiger partial charge on any atom is 0.289 e. The number of furan rings is 1. The summed E-state index contributed by atoms with van der Waals surface area (Å²) in [5.74, 6) is 0.766. The highest BCUT2D eigenvalue weighted by molar-refractivity contribution is 7.89. The van der Waals surface area contributed by atoms with Gasteiger partial charge in [0.2, 0.25) is 10.0 Å². The van der Waals surface area contributed by atoms with Crippen LogP contribution < -0.4 is 4.72 Å². The van der Waals surface area contributed by atoms with Gasteiger partial charge in [-0.15, -0.1) is 0 Å². The van der Waals surface area contributed by atoms with Crippen molar-refractivity contribution in [1.82, 2.24) is 9.62 Å². The van der Waals surface area contributed by atoms with Gasteiger partial charge in [0.05, 0.1) is 4.90 Å². The first-order chi connectivity index (χ1) is 11.5. The van der Waals surface area contributed by atoms with E-state index in [2.05, 4.69) is 4.72 Å². The first kappa shape index (κ1) is 16.7. The summed E-state index contributed by atoms with van der Waals surface area (Å²) in [7, 11) is -3.58. The van der Waals surface area contributed by atoms with Crippen molar-refractivity contribution >= 4 is 15.9 Å². The Hall–Kier alpha value is -2.12. The van der Waals surface area contributed by atoms with Crippen molar-refractivity contribution in [3.63, 3.8) is 0 Å². The SMILES string of the molecule is Cc1ccc(C(=O)N2CCC[C@@H](NS(=O)(=O)c3ccccc3)C2)o1. The Bertz CT molecular complexity index is 814. The van der Waals surface area contributed by atoms with Crippen molar-refractivity contribution in [2.24, 2.45) is 0 Å². The highest BCUT2D eigenvalue weighted by Gasteiger charge is 2.29. The number of carbonyl (C=O) groups is 1. The molecule has 0 aliphatic carbocycles. The molecule has 0 saturated carbocycles. The van der Waals surface area contributed by atoms with E-state index in [1.807, 2.05) is 0 Å². The quantitative estimate of drug-likeness (QED) is 0.918. The van der Waals surface area contributed by atoms with E-state index < -0.39 is 10.0 Å². The number of nitrogens with one attached hydrogen (secondary N) is 1. The first-order valence-electron chi connectivity index (χ1n) is 7.89. The summed E-state index contributed by atoms with van der Waals surface area (Å²) >= 11 is 0. The van der Waals surface area contributed by atoms with Crippen molar-refractivity contribution in [3.05, 3.63) is 54.0 Å². The van der Waals surface area contributed by atoms with Crippen molar-refractivity contribution in [3.8, 4) is 0 Å². The predicted octanol–water partition coefficient (Wildman–Crippen LogP) is 2.17. The molecular weight excluding hydrogens is 328 g/mol. The molecule has 1 fully saturated rings. The number of rotatable bonds is 4. The largest absolute Gasteiger partial charge is 0.456 e. The average molecular weight is 348 g/mol. The minimum absolute atomic E-state index is 0.202. The topological polar surface area (TPSA) is 79.6 Å². The lowest BCUT2D eigenvalue weighted by Gasteiger charge is -2.32. The fraction of sp³-hybridized carbons (Fsp3) is 0.353. The Morgan fingerprint density at radius 3 is 2.62 bits per heavy atom.